The summed E-state index contributed by atoms with van der Waals surface area (Å²) in [5.74, 6) is -0.799. The van der Waals surface area contributed by atoms with Crippen LogP contribution in [-0.4, -0.2) is 20.7 Å². The molecule has 25 heavy (non-hydrogen) atoms. The number of amides is 1. The number of carbonyl (C=O) groups is 1. The lowest BCUT2D eigenvalue weighted by molar-refractivity contribution is -0.122. The van der Waals surface area contributed by atoms with Gasteiger partial charge in [0.2, 0.25) is 5.91 Å². The molecule has 0 aliphatic heterocycles. The van der Waals surface area contributed by atoms with Crippen molar-refractivity contribution < 1.29 is 9.18 Å². The summed E-state index contributed by atoms with van der Waals surface area (Å²) in [7, 11) is 0. The number of aromatic nitrogens is 3. The van der Waals surface area contributed by atoms with Crippen LogP contribution >= 0.6 is 11.3 Å². The Balaban J connectivity index is 1.78. The number of halogens is 1. The topological polar surface area (TPSA) is 76.9 Å². The summed E-state index contributed by atoms with van der Waals surface area (Å²) in [6.07, 6.45) is 0.737. The smallest absolute Gasteiger partial charge is 0.294 e. The number of nitrogens with one attached hydrogen (secondary N) is 1. The summed E-state index contributed by atoms with van der Waals surface area (Å²) in [5.41, 5.74) is 0.998. The highest BCUT2D eigenvalue weighted by molar-refractivity contribution is 7.18. The summed E-state index contributed by atoms with van der Waals surface area (Å²) in [6.45, 7) is 3.57. The molecule has 1 aromatic carbocycles. The van der Waals surface area contributed by atoms with E-state index in [1.165, 1.54) is 17.4 Å². The predicted octanol–water partition coefficient (Wildman–Crippen LogP) is 2.18. The van der Waals surface area contributed by atoms with Crippen molar-refractivity contribution in [1.82, 2.24) is 20.1 Å². The van der Waals surface area contributed by atoms with Crippen molar-refractivity contribution in [3.05, 3.63) is 56.7 Å². The first-order valence-electron chi connectivity index (χ1n) is 7.86. The van der Waals surface area contributed by atoms with Crippen molar-refractivity contribution in [3.63, 3.8) is 0 Å². The molecule has 2 aromatic heterocycles. The Morgan fingerprint density at radius 3 is 2.84 bits per heavy atom. The third-order valence-electron chi connectivity index (χ3n) is 3.74. The van der Waals surface area contributed by atoms with Crippen LogP contribution in [0.2, 0.25) is 0 Å². The fourth-order valence-corrected chi connectivity index (χ4v) is 3.37. The average Bonchev–Trinajstić information content (AvgIpc) is 3.04. The van der Waals surface area contributed by atoms with Gasteiger partial charge in [0.1, 0.15) is 12.4 Å². The van der Waals surface area contributed by atoms with Crippen LogP contribution in [0, 0.1) is 12.7 Å². The molecule has 0 saturated heterocycles. The van der Waals surface area contributed by atoms with Gasteiger partial charge in [0.15, 0.2) is 5.52 Å². The fraction of sp³-hybridized carbons (Fsp3) is 0.294. The third-order valence-corrected chi connectivity index (χ3v) is 5.05. The molecule has 0 saturated carbocycles. The molecule has 0 aliphatic rings. The molecular formula is C17H17FN4O2S. The summed E-state index contributed by atoms with van der Waals surface area (Å²) >= 11 is 1.45. The molecule has 3 rings (SSSR count). The van der Waals surface area contributed by atoms with Crippen LogP contribution < -0.4 is 10.9 Å². The minimum absolute atomic E-state index is 0.0537. The van der Waals surface area contributed by atoms with Gasteiger partial charge in [0.25, 0.3) is 5.56 Å². The van der Waals surface area contributed by atoms with E-state index in [0.29, 0.717) is 16.8 Å². The zero-order valence-corrected chi connectivity index (χ0v) is 14.7. The standard InChI is InChI=1S/C17H17FN4O2S/c1-3-14-20-15-16(25-14)10(2)21-22(17(15)24)9-13(23)19-8-11-6-4-5-7-12(11)18/h4-7H,3,8-9H2,1-2H3,(H,19,23). The van der Waals surface area contributed by atoms with E-state index >= 15 is 0 Å². The summed E-state index contributed by atoms with van der Waals surface area (Å²) in [5, 5.41) is 7.66. The van der Waals surface area contributed by atoms with Crippen molar-refractivity contribution in [2.45, 2.75) is 33.4 Å². The van der Waals surface area contributed by atoms with Gasteiger partial charge in [-0.1, -0.05) is 25.1 Å². The second-order valence-electron chi connectivity index (χ2n) is 5.56. The Kier molecular flexibility index (Phi) is 4.89. The molecule has 8 heteroatoms. The normalized spacial score (nSPS) is 11.0. The van der Waals surface area contributed by atoms with Gasteiger partial charge >= 0.3 is 0 Å². The van der Waals surface area contributed by atoms with E-state index in [0.717, 1.165) is 20.8 Å². The van der Waals surface area contributed by atoms with Crippen molar-refractivity contribution in [2.24, 2.45) is 0 Å². The first-order valence-corrected chi connectivity index (χ1v) is 8.68. The van der Waals surface area contributed by atoms with E-state index in [-0.39, 0.29) is 18.9 Å². The maximum Gasteiger partial charge on any atom is 0.294 e. The molecule has 0 spiro atoms. The molecule has 2 heterocycles. The van der Waals surface area contributed by atoms with E-state index < -0.39 is 11.5 Å². The fourth-order valence-electron chi connectivity index (χ4n) is 2.43. The Morgan fingerprint density at radius 2 is 2.12 bits per heavy atom. The Bertz CT molecular complexity index is 996. The van der Waals surface area contributed by atoms with Gasteiger partial charge in [-0.05, 0) is 19.4 Å². The molecule has 6 nitrogen and oxygen atoms in total. The minimum Gasteiger partial charge on any atom is -0.350 e. The number of thiazole rings is 1. The van der Waals surface area contributed by atoms with Crippen LogP contribution in [0.1, 0.15) is 23.2 Å². The molecule has 130 valence electrons. The molecule has 3 aromatic rings. The molecule has 0 bridgehead atoms. The highest BCUT2D eigenvalue weighted by Crippen LogP contribution is 2.21. The summed E-state index contributed by atoms with van der Waals surface area (Å²) < 4.78 is 15.4. The second kappa shape index (κ2) is 7.10. The number of aryl methyl sites for hydroxylation is 2. The molecule has 0 aliphatic carbocycles. The van der Waals surface area contributed by atoms with Crippen molar-refractivity contribution in [2.75, 3.05) is 0 Å². The highest BCUT2D eigenvalue weighted by Gasteiger charge is 2.15. The molecule has 0 atom stereocenters. The van der Waals surface area contributed by atoms with Gasteiger partial charge in [0.05, 0.1) is 15.4 Å². The van der Waals surface area contributed by atoms with Crippen molar-refractivity contribution >= 4 is 27.5 Å². The molecular weight excluding hydrogens is 343 g/mol. The predicted molar refractivity (Wildman–Crippen MR) is 94.0 cm³/mol. The number of hydrogen-bond acceptors (Lipinski definition) is 5. The maximum absolute atomic E-state index is 13.6. The van der Waals surface area contributed by atoms with Crippen LogP contribution in [0.5, 0.6) is 0 Å². The van der Waals surface area contributed by atoms with E-state index in [1.807, 2.05) is 6.92 Å². The van der Waals surface area contributed by atoms with Crippen LogP contribution in [-0.2, 0) is 24.3 Å². The number of carbonyl (C=O) groups excluding carboxylic acids is 1. The van der Waals surface area contributed by atoms with Gasteiger partial charge in [-0.25, -0.2) is 14.1 Å². The van der Waals surface area contributed by atoms with Crippen molar-refractivity contribution in [1.29, 1.82) is 0 Å². The van der Waals surface area contributed by atoms with Crippen LogP contribution in [0.15, 0.2) is 29.1 Å². The largest absolute Gasteiger partial charge is 0.350 e. The SMILES string of the molecule is CCc1nc2c(=O)n(CC(=O)NCc3ccccc3F)nc(C)c2s1. The van der Waals surface area contributed by atoms with Gasteiger partial charge < -0.3 is 5.32 Å². The zero-order chi connectivity index (χ0) is 18.0. The average molecular weight is 360 g/mol. The Labute approximate surface area is 147 Å². The molecule has 0 fully saturated rings. The first kappa shape index (κ1) is 17.2. The monoisotopic (exact) mass is 360 g/mol. The highest BCUT2D eigenvalue weighted by atomic mass is 32.1. The zero-order valence-electron chi connectivity index (χ0n) is 13.9. The molecule has 0 unspecified atom stereocenters. The van der Waals surface area contributed by atoms with E-state index in [1.54, 1.807) is 25.1 Å². The maximum atomic E-state index is 13.6. The second-order valence-corrected chi connectivity index (χ2v) is 6.64. The third kappa shape index (κ3) is 3.58. The quantitative estimate of drug-likeness (QED) is 0.757. The van der Waals surface area contributed by atoms with Crippen LogP contribution in [0.3, 0.4) is 0 Å². The number of nitrogens with zero attached hydrogens (tertiary/aromatic N) is 3. The van der Waals surface area contributed by atoms with E-state index in [2.05, 4.69) is 15.4 Å². The lowest BCUT2D eigenvalue weighted by Gasteiger charge is -2.08. The summed E-state index contributed by atoms with van der Waals surface area (Å²) in [6, 6.07) is 6.21. The van der Waals surface area contributed by atoms with Gasteiger partial charge in [-0.2, -0.15) is 5.10 Å². The lowest BCUT2D eigenvalue weighted by Crippen LogP contribution is -2.34. The summed E-state index contributed by atoms with van der Waals surface area (Å²) in [4.78, 5) is 28.9. The van der Waals surface area contributed by atoms with Crippen LogP contribution in [0.25, 0.3) is 10.2 Å². The Hall–Kier alpha value is -2.61. The van der Waals surface area contributed by atoms with E-state index in [4.69, 9.17) is 0 Å². The van der Waals surface area contributed by atoms with Crippen molar-refractivity contribution in [3.8, 4) is 0 Å². The molecule has 1 amide bonds. The number of fused-ring (bicyclic) bond motifs is 1. The van der Waals surface area contributed by atoms with E-state index in [9.17, 15) is 14.0 Å². The van der Waals surface area contributed by atoms with Gasteiger partial charge in [-0.15, -0.1) is 11.3 Å². The Morgan fingerprint density at radius 1 is 1.36 bits per heavy atom. The van der Waals surface area contributed by atoms with Gasteiger partial charge in [0, 0.05) is 12.1 Å². The number of rotatable bonds is 5. The number of benzene rings is 1. The molecule has 0 radical (unpaired) electrons. The van der Waals surface area contributed by atoms with Gasteiger partial charge in [-0.3, -0.25) is 9.59 Å². The lowest BCUT2D eigenvalue weighted by atomic mass is 10.2. The molecule has 1 N–H and O–H groups in total. The first-order chi connectivity index (χ1) is 12.0. The van der Waals surface area contributed by atoms with Crippen LogP contribution in [0.4, 0.5) is 4.39 Å². The number of hydrogen-bond donors (Lipinski definition) is 1. The minimum atomic E-state index is -0.414.